The van der Waals surface area contributed by atoms with E-state index in [4.69, 9.17) is 14.2 Å². The molecule has 4 rings (SSSR count). The van der Waals surface area contributed by atoms with Gasteiger partial charge in [-0.2, -0.15) is 0 Å². The Kier molecular flexibility index (Phi) is 16.6. The second-order valence-corrected chi connectivity index (χ2v) is 14.3. The number of aliphatic hydroxyl groups excluding tert-OH is 2. The molecule has 0 aromatic heterocycles. The molecule has 0 saturated heterocycles. The highest BCUT2D eigenvalue weighted by atomic mass is 16.6. The topological polar surface area (TPSA) is 85.2 Å². The number of unbranched alkanes of at least 4 members (excludes halogenated alkanes) is 2. The molecule has 276 valence electrons. The molecule has 51 heavy (non-hydrogen) atoms. The van der Waals surface area contributed by atoms with Crippen LogP contribution in [0.2, 0.25) is 0 Å². The minimum Gasteiger partial charge on any atom is -0.462 e. The van der Waals surface area contributed by atoms with Crippen LogP contribution in [-0.2, 0) is 38.3 Å². The van der Waals surface area contributed by atoms with E-state index in [9.17, 15) is 15.0 Å². The fourth-order valence-electron chi connectivity index (χ4n) is 7.17. The van der Waals surface area contributed by atoms with Crippen LogP contribution in [-0.4, -0.2) is 56.0 Å². The summed E-state index contributed by atoms with van der Waals surface area (Å²) in [6, 6.07) is 24.5. The Hall–Kier alpha value is -3.55. The van der Waals surface area contributed by atoms with Crippen LogP contribution in [0.1, 0.15) is 105 Å². The maximum Gasteiger partial charge on any atom is 0.335 e. The SMILES string of the molecule is C=C(CO)C(=O)OCC(COC(O)C(=C)COC)c1ccc(-c2ccc(CCc3ccc(C4CCC(CCCCC)CC4)cc3)cc2)c(CC)c1. The lowest BCUT2D eigenvalue weighted by Gasteiger charge is -2.29. The number of benzene rings is 3. The number of carbonyl (C=O) groups is 1. The third-order valence-electron chi connectivity index (χ3n) is 10.5. The molecule has 0 heterocycles. The van der Waals surface area contributed by atoms with Crippen molar-refractivity contribution >= 4 is 5.97 Å². The largest absolute Gasteiger partial charge is 0.462 e. The van der Waals surface area contributed by atoms with Gasteiger partial charge >= 0.3 is 5.97 Å². The van der Waals surface area contributed by atoms with E-state index in [-0.39, 0.29) is 31.3 Å². The lowest BCUT2D eigenvalue weighted by atomic mass is 9.77. The van der Waals surface area contributed by atoms with Crippen LogP contribution in [0.5, 0.6) is 0 Å². The predicted molar refractivity (Wildman–Crippen MR) is 207 cm³/mol. The van der Waals surface area contributed by atoms with Gasteiger partial charge in [0, 0.05) is 18.6 Å². The van der Waals surface area contributed by atoms with E-state index >= 15 is 0 Å². The van der Waals surface area contributed by atoms with Crippen molar-refractivity contribution in [2.45, 2.75) is 103 Å². The molecule has 3 aromatic carbocycles. The highest BCUT2D eigenvalue weighted by Gasteiger charge is 2.23. The number of hydrogen-bond donors (Lipinski definition) is 2. The number of aliphatic hydroxyl groups is 2. The Morgan fingerprint density at radius 3 is 2.16 bits per heavy atom. The molecule has 1 aliphatic carbocycles. The van der Waals surface area contributed by atoms with E-state index in [0.717, 1.165) is 53.4 Å². The molecule has 0 bridgehead atoms. The van der Waals surface area contributed by atoms with Gasteiger partial charge in [0.15, 0.2) is 6.29 Å². The number of aryl methyl sites for hydroxylation is 3. The lowest BCUT2D eigenvalue weighted by molar-refractivity contribution is -0.141. The van der Waals surface area contributed by atoms with Crippen molar-refractivity contribution in [2.75, 3.05) is 33.5 Å². The molecule has 1 aliphatic rings. The molecule has 3 aromatic rings. The summed E-state index contributed by atoms with van der Waals surface area (Å²) in [7, 11) is 1.52. The van der Waals surface area contributed by atoms with Gasteiger partial charge in [-0.15, -0.1) is 0 Å². The summed E-state index contributed by atoms with van der Waals surface area (Å²) in [5.74, 6) is 0.642. The van der Waals surface area contributed by atoms with Gasteiger partial charge in [-0.1, -0.05) is 119 Å². The lowest BCUT2D eigenvalue weighted by Crippen LogP contribution is -2.24. The van der Waals surface area contributed by atoms with Crippen molar-refractivity contribution in [3.05, 3.63) is 119 Å². The van der Waals surface area contributed by atoms with Crippen LogP contribution in [0.3, 0.4) is 0 Å². The minimum atomic E-state index is -1.21. The van der Waals surface area contributed by atoms with Crippen molar-refractivity contribution in [1.82, 2.24) is 0 Å². The molecule has 6 heteroatoms. The molecule has 0 amide bonds. The molecule has 2 atom stereocenters. The van der Waals surface area contributed by atoms with E-state index < -0.39 is 18.9 Å². The summed E-state index contributed by atoms with van der Waals surface area (Å²) in [5, 5.41) is 19.7. The van der Waals surface area contributed by atoms with Crippen molar-refractivity contribution in [1.29, 1.82) is 0 Å². The number of hydrogen-bond acceptors (Lipinski definition) is 6. The summed E-state index contributed by atoms with van der Waals surface area (Å²) < 4.78 is 16.2. The number of ether oxygens (including phenoxy) is 3. The first-order valence-corrected chi connectivity index (χ1v) is 19.0. The number of methoxy groups -OCH3 is 1. The van der Waals surface area contributed by atoms with Crippen LogP contribution in [0.4, 0.5) is 0 Å². The van der Waals surface area contributed by atoms with Gasteiger partial charge in [0.2, 0.25) is 0 Å². The second-order valence-electron chi connectivity index (χ2n) is 14.3. The van der Waals surface area contributed by atoms with E-state index in [1.165, 1.54) is 75.2 Å². The first kappa shape index (κ1) is 40.2. The molecule has 0 spiro atoms. The fourth-order valence-corrected chi connectivity index (χ4v) is 7.17. The molecule has 2 unspecified atom stereocenters. The molecular weight excluding hydrogens is 636 g/mol. The molecular formula is C45H60O6. The summed E-state index contributed by atoms with van der Waals surface area (Å²) in [5.41, 5.74) is 8.98. The predicted octanol–water partition coefficient (Wildman–Crippen LogP) is 9.27. The van der Waals surface area contributed by atoms with Crippen LogP contribution in [0.25, 0.3) is 11.1 Å². The molecule has 1 fully saturated rings. The number of rotatable bonds is 21. The Morgan fingerprint density at radius 1 is 0.882 bits per heavy atom. The Morgan fingerprint density at radius 2 is 1.55 bits per heavy atom. The van der Waals surface area contributed by atoms with Crippen molar-refractivity contribution in [2.24, 2.45) is 5.92 Å². The highest BCUT2D eigenvalue weighted by Crippen LogP contribution is 2.38. The smallest absolute Gasteiger partial charge is 0.335 e. The van der Waals surface area contributed by atoms with Crippen LogP contribution in [0.15, 0.2) is 91.0 Å². The minimum absolute atomic E-state index is 0.00144. The van der Waals surface area contributed by atoms with Gasteiger partial charge in [-0.05, 0) is 95.7 Å². The van der Waals surface area contributed by atoms with Crippen LogP contribution >= 0.6 is 0 Å². The summed E-state index contributed by atoms with van der Waals surface area (Å²) in [6.45, 7) is 11.6. The highest BCUT2D eigenvalue weighted by molar-refractivity contribution is 5.87. The zero-order chi connectivity index (χ0) is 36.6. The van der Waals surface area contributed by atoms with Gasteiger partial charge in [-0.3, -0.25) is 0 Å². The fraction of sp³-hybridized carbons (Fsp3) is 0.489. The van der Waals surface area contributed by atoms with Gasteiger partial charge in [0.25, 0.3) is 0 Å². The van der Waals surface area contributed by atoms with Gasteiger partial charge in [0.05, 0.1) is 25.4 Å². The van der Waals surface area contributed by atoms with E-state index in [2.05, 4.69) is 87.7 Å². The first-order chi connectivity index (χ1) is 24.8. The van der Waals surface area contributed by atoms with Crippen molar-refractivity contribution in [3.8, 4) is 11.1 Å². The third kappa shape index (κ3) is 12.3. The maximum absolute atomic E-state index is 12.3. The van der Waals surface area contributed by atoms with Gasteiger partial charge in [-0.25, -0.2) is 4.79 Å². The Bertz CT molecular complexity index is 1520. The molecule has 6 nitrogen and oxygen atoms in total. The Balaban J connectivity index is 1.36. The molecule has 1 saturated carbocycles. The van der Waals surface area contributed by atoms with Crippen molar-refractivity contribution < 1.29 is 29.2 Å². The summed E-state index contributed by atoms with van der Waals surface area (Å²) in [6.07, 6.45) is 12.6. The average molecular weight is 697 g/mol. The number of carbonyl (C=O) groups excluding carboxylic acids is 1. The standard InChI is InChI=1S/C45H60O6/c1-6-8-9-10-34-13-19-38(20-14-34)39-21-15-35(16-22-39)11-12-36-17-23-40(24-18-36)43-26-25-41(27-37(43)7-2)42(30-50-44(47)32(3)28-46)31-51-45(48)33(4)29-49-5/h15-18,21-27,34,38,42,45-46,48H,3-4,6-14,19-20,28-31H2,1-2,5H3. The molecule has 0 radical (unpaired) electrons. The molecule has 0 aliphatic heterocycles. The van der Waals surface area contributed by atoms with Gasteiger partial charge < -0.3 is 24.4 Å². The van der Waals surface area contributed by atoms with E-state index in [1.54, 1.807) is 0 Å². The third-order valence-corrected chi connectivity index (χ3v) is 10.5. The van der Waals surface area contributed by atoms with E-state index in [1.807, 2.05) is 6.07 Å². The second kappa shape index (κ2) is 21.1. The number of esters is 1. The maximum atomic E-state index is 12.3. The zero-order valence-electron chi connectivity index (χ0n) is 31.2. The molecule has 2 N–H and O–H groups in total. The summed E-state index contributed by atoms with van der Waals surface area (Å²) in [4.78, 5) is 12.3. The van der Waals surface area contributed by atoms with Crippen LogP contribution in [0, 0.1) is 5.92 Å². The Labute approximate surface area is 306 Å². The van der Waals surface area contributed by atoms with E-state index in [0.29, 0.717) is 5.57 Å². The zero-order valence-corrected chi connectivity index (χ0v) is 31.2. The quantitative estimate of drug-likeness (QED) is 0.0380. The summed E-state index contributed by atoms with van der Waals surface area (Å²) >= 11 is 0. The van der Waals surface area contributed by atoms with Crippen LogP contribution < -0.4 is 0 Å². The first-order valence-electron chi connectivity index (χ1n) is 19.0. The normalized spacial score (nSPS) is 17.1. The monoisotopic (exact) mass is 696 g/mol. The van der Waals surface area contributed by atoms with Crippen molar-refractivity contribution in [3.63, 3.8) is 0 Å². The average Bonchev–Trinajstić information content (AvgIpc) is 3.17. The van der Waals surface area contributed by atoms with Gasteiger partial charge in [0.1, 0.15) is 6.61 Å².